The molecule has 1 aromatic carbocycles. The number of benzene rings is 1. The Morgan fingerprint density at radius 2 is 1.76 bits per heavy atom. The SMILES string of the molecule is CCC(NC(=O)C(CC(C)C)NC(=O)N1CCOCC1)C(=O)c1noc(-c2ccccc2)n1. The average molecular weight is 458 g/mol. The predicted molar refractivity (Wildman–Crippen MR) is 120 cm³/mol. The number of rotatable bonds is 9. The molecule has 33 heavy (non-hydrogen) atoms. The first kappa shape index (κ1) is 24.4. The normalized spacial score (nSPS) is 15.7. The number of carbonyl (C=O) groups excluding carboxylic acids is 3. The van der Waals surface area contributed by atoms with E-state index in [4.69, 9.17) is 9.26 Å². The lowest BCUT2D eigenvalue weighted by Gasteiger charge is -2.30. The van der Waals surface area contributed by atoms with E-state index in [-0.39, 0.29) is 23.7 Å². The lowest BCUT2D eigenvalue weighted by atomic mass is 10.0. The van der Waals surface area contributed by atoms with E-state index in [9.17, 15) is 14.4 Å². The molecule has 0 saturated carbocycles. The molecule has 0 bridgehead atoms. The third kappa shape index (κ3) is 6.61. The molecule has 2 heterocycles. The van der Waals surface area contributed by atoms with Gasteiger partial charge in [0, 0.05) is 18.7 Å². The second kappa shape index (κ2) is 11.6. The Balaban J connectivity index is 1.67. The van der Waals surface area contributed by atoms with Gasteiger partial charge < -0.3 is 24.8 Å². The van der Waals surface area contributed by atoms with Crippen LogP contribution in [0, 0.1) is 5.92 Å². The summed E-state index contributed by atoms with van der Waals surface area (Å²) in [4.78, 5) is 44.4. The van der Waals surface area contributed by atoms with Gasteiger partial charge in [-0.3, -0.25) is 9.59 Å². The highest BCUT2D eigenvalue weighted by Gasteiger charge is 2.30. The largest absolute Gasteiger partial charge is 0.378 e. The molecule has 1 saturated heterocycles. The minimum Gasteiger partial charge on any atom is -0.378 e. The topological polar surface area (TPSA) is 127 Å². The zero-order valence-corrected chi connectivity index (χ0v) is 19.2. The van der Waals surface area contributed by atoms with Gasteiger partial charge in [-0.15, -0.1) is 0 Å². The smallest absolute Gasteiger partial charge is 0.318 e. The van der Waals surface area contributed by atoms with Gasteiger partial charge in [0.1, 0.15) is 6.04 Å². The summed E-state index contributed by atoms with van der Waals surface area (Å²) < 4.78 is 10.5. The molecule has 0 radical (unpaired) electrons. The molecule has 1 aromatic heterocycles. The lowest BCUT2D eigenvalue weighted by molar-refractivity contribution is -0.123. The van der Waals surface area contributed by atoms with Crippen molar-refractivity contribution in [1.82, 2.24) is 25.7 Å². The van der Waals surface area contributed by atoms with Gasteiger partial charge in [-0.25, -0.2) is 4.79 Å². The molecule has 10 nitrogen and oxygen atoms in total. The first-order valence-corrected chi connectivity index (χ1v) is 11.3. The van der Waals surface area contributed by atoms with Gasteiger partial charge in [0.2, 0.25) is 17.5 Å². The monoisotopic (exact) mass is 457 g/mol. The number of Topliss-reactive ketones (excluding diaryl/α,β-unsaturated/α-hetero) is 1. The third-order valence-electron chi connectivity index (χ3n) is 5.33. The molecule has 10 heteroatoms. The van der Waals surface area contributed by atoms with Crippen molar-refractivity contribution < 1.29 is 23.6 Å². The van der Waals surface area contributed by atoms with E-state index in [0.717, 1.165) is 0 Å². The molecule has 3 amide bonds. The van der Waals surface area contributed by atoms with E-state index >= 15 is 0 Å². The number of hydrogen-bond donors (Lipinski definition) is 2. The minimum atomic E-state index is -0.839. The standard InChI is InChI=1S/C23H31N5O5/c1-4-17(19(29)20-26-22(33-27-20)16-8-6-5-7-9-16)24-21(30)18(14-15(2)3)25-23(31)28-10-12-32-13-11-28/h5-9,15,17-18H,4,10-14H2,1-3H3,(H,24,30)(H,25,31). The van der Waals surface area contributed by atoms with Crippen LogP contribution in [0.2, 0.25) is 0 Å². The fraction of sp³-hybridized carbons (Fsp3) is 0.522. The fourth-order valence-corrected chi connectivity index (χ4v) is 3.51. The van der Waals surface area contributed by atoms with Gasteiger partial charge in [-0.2, -0.15) is 4.98 Å². The Morgan fingerprint density at radius 1 is 1.06 bits per heavy atom. The molecule has 1 fully saturated rings. The summed E-state index contributed by atoms with van der Waals surface area (Å²) in [5.41, 5.74) is 0.698. The molecule has 0 spiro atoms. The van der Waals surface area contributed by atoms with Crippen molar-refractivity contribution in [3.63, 3.8) is 0 Å². The van der Waals surface area contributed by atoms with Gasteiger partial charge >= 0.3 is 6.03 Å². The Hall–Kier alpha value is -3.27. The van der Waals surface area contributed by atoms with E-state index in [1.54, 1.807) is 24.0 Å². The van der Waals surface area contributed by atoms with Crippen LogP contribution in [0.1, 0.15) is 44.2 Å². The van der Waals surface area contributed by atoms with Crippen molar-refractivity contribution in [2.45, 2.75) is 45.7 Å². The molecule has 2 aromatic rings. The van der Waals surface area contributed by atoms with Gasteiger partial charge in [0.25, 0.3) is 5.89 Å². The number of hydrogen-bond acceptors (Lipinski definition) is 7. The Bertz CT molecular complexity index is 940. The summed E-state index contributed by atoms with van der Waals surface area (Å²) in [6, 6.07) is 7.19. The predicted octanol–water partition coefficient (Wildman–Crippen LogP) is 2.27. The maximum absolute atomic E-state index is 13.0. The van der Waals surface area contributed by atoms with Gasteiger partial charge in [-0.1, -0.05) is 44.1 Å². The number of nitrogens with one attached hydrogen (secondary N) is 2. The zero-order chi connectivity index (χ0) is 23.8. The van der Waals surface area contributed by atoms with Gasteiger partial charge in [-0.05, 0) is 30.9 Å². The number of carbonyl (C=O) groups is 3. The van der Waals surface area contributed by atoms with Gasteiger partial charge in [0.15, 0.2) is 0 Å². The van der Waals surface area contributed by atoms with E-state index in [2.05, 4.69) is 20.8 Å². The molecule has 2 unspecified atom stereocenters. The molecule has 2 N–H and O–H groups in total. The van der Waals surface area contributed by atoms with Crippen LogP contribution in [-0.2, 0) is 9.53 Å². The van der Waals surface area contributed by atoms with Gasteiger partial charge in [0.05, 0.1) is 19.3 Å². The maximum Gasteiger partial charge on any atom is 0.318 e. The van der Waals surface area contributed by atoms with E-state index in [0.29, 0.717) is 44.7 Å². The van der Waals surface area contributed by atoms with E-state index in [1.807, 2.05) is 32.0 Å². The summed E-state index contributed by atoms with van der Waals surface area (Å²) in [6.45, 7) is 7.60. The van der Waals surface area contributed by atoms with Crippen LogP contribution >= 0.6 is 0 Å². The summed E-state index contributed by atoms with van der Waals surface area (Å²) in [5.74, 6) is -0.571. The molecule has 3 rings (SSSR count). The minimum absolute atomic E-state index is 0.0984. The van der Waals surface area contributed by atoms with E-state index in [1.165, 1.54) is 0 Å². The van der Waals surface area contributed by atoms with Crippen molar-refractivity contribution in [2.75, 3.05) is 26.3 Å². The van der Waals surface area contributed by atoms with Crippen molar-refractivity contribution >= 4 is 17.7 Å². The Kier molecular flexibility index (Phi) is 8.53. The Morgan fingerprint density at radius 3 is 2.39 bits per heavy atom. The molecular weight excluding hydrogens is 426 g/mol. The number of ether oxygens (including phenoxy) is 1. The summed E-state index contributed by atoms with van der Waals surface area (Å²) in [6.07, 6.45) is 0.776. The number of aromatic nitrogens is 2. The summed E-state index contributed by atoms with van der Waals surface area (Å²) >= 11 is 0. The third-order valence-corrected chi connectivity index (χ3v) is 5.33. The van der Waals surface area contributed by atoms with Crippen molar-refractivity contribution in [3.05, 3.63) is 36.2 Å². The van der Waals surface area contributed by atoms with E-state index < -0.39 is 23.8 Å². The molecule has 1 aliphatic heterocycles. The van der Waals surface area contributed by atoms with Crippen LogP contribution < -0.4 is 10.6 Å². The first-order valence-electron chi connectivity index (χ1n) is 11.3. The highest BCUT2D eigenvalue weighted by molar-refractivity contribution is 6.00. The maximum atomic E-state index is 13.0. The number of amides is 3. The Labute approximate surface area is 193 Å². The lowest BCUT2D eigenvalue weighted by Crippen LogP contribution is -2.55. The fourth-order valence-electron chi connectivity index (χ4n) is 3.51. The quantitative estimate of drug-likeness (QED) is 0.553. The zero-order valence-electron chi connectivity index (χ0n) is 19.2. The number of morpholine rings is 1. The summed E-state index contributed by atoms with van der Waals surface area (Å²) in [5, 5.41) is 9.37. The van der Waals surface area contributed by atoms with Crippen molar-refractivity contribution in [2.24, 2.45) is 5.92 Å². The first-order chi connectivity index (χ1) is 15.9. The van der Waals surface area contributed by atoms with Crippen LogP contribution in [0.3, 0.4) is 0 Å². The highest BCUT2D eigenvalue weighted by atomic mass is 16.5. The van der Waals surface area contributed by atoms with Crippen molar-refractivity contribution in [1.29, 1.82) is 0 Å². The number of ketones is 1. The second-order valence-corrected chi connectivity index (χ2v) is 8.35. The molecule has 2 atom stereocenters. The average Bonchev–Trinajstić information content (AvgIpc) is 3.32. The molecule has 0 aliphatic carbocycles. The summed E-state index contributed by atoms with van der Waals surface area (Å²) in [7, 11) is 0. The number of urea groups is 1. The van der Waals surface area contributed by atoms with Crippen LogP contribution in [0.4, 0.5) is 4.79 Å². The molecule has 178 valence electrons. The van der Waals surface area contributed by atoms with Crippen molar-refractivity contribution in [3.8, 4) is 11.5 Å². The molecular formula is C23H31N5O5. The molecule has 1 aliphatic rings. The highest BCUT2D eigenvalue weighted by Crippen LogP contribution is 2.17. The van der Waals surface area contributed by atoms with Crippen LogP contribution in [0.5, 0.6) is 0 Å². The number of nitrogens with zero attached hydrogens (tertiary/aromatic N) is 3. The second-order valence-electron chi connectivity index (χ2n) is 8.35. The van der Waals surface area contributed by atoms with Crippen LogP contribution in [-0.4, -0.2) is 71.1 Å². The van der Waals surface area contributed by atoms with Crippen LogP contribution in [0.25, 0.3) is 11.5 Å². The van der Waals surface area contributed by atoms with Crippen LogP contribution in [0.15, 0.2) is 34.9 Å².